The van der Waals surface area contributed by atoms with Gasteiger partial charge in [0.2, 0.25) is 11.8 Å². The highest BCUT2D eigenvalue weighted by atomic mass is 16.3. The van der Waals surface area contributed by atoms with E-state index in [1.165, 1.54) is 6.26 Å². The Bertz CT molecular complexity index is 587. The Morgan fingerprint density at radius 2 is 1.92 bits per heavy atom. The van der Waals surface area contributed by atoms with Crippen LogP contribution in [0.15, 0.2) is 22.8 Å². The molecular weight excluding hydrogens is 322 g/mol. The van der Waals surface area contributed by atoms with Crippen molar-refractivity contribution >= 4 is 17.7 Å². The zero-order valence-electron chi connectivity index (χ0n) is 15.2. The molecule has 1 N–H and O–H groups in total. The van der Waals surface area contributed by atoms with E-state index in [0.717, 1.165) is 0 Å². The zero-order valence-corrected chi connectivity index (χ0v) is 15.2. The summed E-state index contributed by atoms with van der Waals surface area (Å²) in [5.74, 6) is -0.192. The van der Waals surface area contributed by atoms with Crippen LogP contribution >= 0.6 is 0 Å². The second kappa shape index (κ2) is 8.69. The summed E-state index contributed by atoms with van der Waals surface area (Å²) < 4.78 is 5.03. The van der Waals surface area contributed by atoms with Crippen molar-refractivity contribution in [2.24, 2.45) is 5.92 Å². The molecule has 1 aromatic heterocycles. The van der Waals surface area contributed by atoms with Gasteiger partial charge in [0.05, 0.1) is 6.26 Å². The third kappa shape index (κ3) is 4.61. The molecule has 1 atom stereocenters. The number of likely N-dealkylation sites (tertiary alicyclic amines) is 1. The van der Waals surface area contributed by atoms with Gasteiger partial charge in [-0.25, -0.2) is 0 Å². The van der Waals surface area contributed by atoms with Crippen LogP contribution in [0, 0.1) is 5.92 Å². The highest BCUT2D eigenvalue weighted by Crippen LogP contribution is 2.20. The normalized spacial score (nSPS) is 16.4. The molecule has 7 heteroatoms. The van der Waals surface area contributed by atoms with Crippen molar-refractivity contribution in [1.29, 1.82) is 0 Å². The van der Waals surface area contributed by atoms with Crippen molar-refractivity contribution in [2.75, 3.05) is 26.2 Å². The number of carbonyl (C=O) groups excluding carboxylic acids is 3. The van der Waals surface area contributed by atoms with Gasteiger partial charge in [0.25, 0.3) is 5.91 Å². The molecule has 0 spiro atoms. The number of hydrogen-bond donors (Lipinski definition) is 1. The predicted molar refractivity (Wildman–Crippen MR) is 92.9 cm³/mol. The molecule has 1 aromatic rings. The van der Waals surface area contributed by atoms with E-state index in [1.54, 1.807) is 24.0 Å². The van der Waals surface area contributed by atoms with Crippen molar-refractivity contribution in [2.45, 2.75) is 39.7 Å². The lowest BCUT2D eigenvalue weighted by molar-refractivity contribution is -0.141. The molecule has 1 aliphatic heterocycles. The van der Waals surface area contributed by atoms with Gasteiger partial charge in [-0.05, 0) is 45.7 Å². The summed E-state index contributed by atoms with van der Waals surface area (Å²) in [5, 5.41) is 2.65. The lowest BCUT2D eigenvalue weighted by atomic mass is 9.95. The SMILES string of the molecule is CCN(CC)C(=O)C1CCN(C(=O)C(C)NC(=O)c2ccco2)CC1. The van der Waals surface area contributed by atoms with Gasteiger partial charge in [-0.3, -0.25) is 14.4 Å². The second-order valence-electron chi connectivity index (χ2n) is 6.28. The smallest absolute Gasteiger partial charge is 0.287 e. The van der Waals surface area contributed by atoms with Crippen molar-refractivity contribution in [3.63, 3.8) is 0 Å². The van der Waals surface area contributed by atoms with Gasteiger partial charge < -0.3 is 19.5 Å². The first-order valence-corrected chi connectivity index (χ1v) is 8.89. The lowest BCUT2D eigenvalue weighted by Gasteiger charge is -2.35. The molecule has 0 aliphatic carbocycles. The number of furan rings is 1. The van der Waals surface area contributed by atoms with Crippen molar-refractivity contribution in [3.05, 3.63) is 24.2 Å². The van der Waals surface area contributed by atoms with Crippen LogP contribution in [-0.2, 0) is 9.59 Å². The first kappa shape index (κ1) is 19.0. The quantitative estimate of drug-likeness (QED) is 0.844. The van der Waals surface area contributed by atoms with Gasteiger partial charge in [0.15, 0.2) is 5.76 Å². The zero-order chi connectivity index (χ0) is 18.4. The minimum atomic E-state index is -0.632. The van der Waals surface area contributed by atoms with Crippen LogP contribution in [0.3, 0.4) is 0 Å². The van der Waals surface area contributed by atoms with Gasteiger partial charge in [0.1, 0.15) is 6.04 Å². The third-order valence-corrected chi connectivity index (χ3v) is 4.69. The monoisotopic (exact) mass is 349 g/mol. The molecule has 7 nitrogen and oxygen atoms in total. The van der Waals surface area contributed by atoms with Gasteiger partial charge in [-0.2, -0.15) is 0 Å². The summed E-state index contributed by atoms with van der Waals surface area (Å²) in [6.07, 6.45) is 2.75. The maximum absolute atomic E-state index is 12.5. The summed E-state index contributed by atoms with van der Waals surface area (Å²) in [5.41, 5.74) is 0. The van der Waals surface area contributed by atoms with Crippen LogP contribution in [-0.4, -0.2) is 59.7 Å². The molecule has 0 radical (unpaired) electrons. The van der Waals surface area contributed by atoms with E-state index in [2.05, 4.69) is 5.32 Å². The Morgan fingerprint density at radius 3 is 2.44 bits per heavy atom. The minimum Gasteiger partial charge on any atom is -0.459 e. The van der Waals surface area contributed by atoms with Crippen LogP contribution in [0.25, 0.3) is 0 Å². The Labute approximate surface area is 148 Å². The number of hydrogen-bond acceptors (Lipinski definition) is 4. The second-order valence-corrected chi connectivity index (χ2v) is 6.28. The molecule has 1 unspecified atom stereocenters. The molecule has 1 saturated heterocycles. The summed E-state index contributed by atoms with van der Waals surface area (Å²) in [6.45, 7) is 8.12. The number of nitrogens with zero attached hydrogens (tertiary/aromatic N) is 2. The van der Waals surface area contributed by atoms with E-state index in [0.29, 0.717) is 39.0 Å². The highest BCUT2D eigenvalue weighted by molar-refractivity contribution is 5.95. The molecule has 25 heavy (non-hydrogen) atoms. The van der Waals surface area contributed by atoms with Crippen LogP contribution in [0.4, 0.5) is 0 Å². The average Bonchev–Trinajstić information content (AvgIpc) is 3.17. The molecule has 3 amide bonds. The first-order chi connectivity index (χ1) is 12.0. The maximum Gasteiger partial charge on any atom is 0.287 e. The fourth-order valence-electron chi connectivity index (χ4n) is 3.15. The number of nitrogens with one attached hydrogen (secondary N) is 1. The molecule has 0 saturated carbocycles. The Morgan fingerprint density at radius 1 is 1.28 bits per heavy atom. The Hall–Kier alpha value is -2.31. The van der Waals surface area contributed by atoms with Crippen molar-refractivity contribution in [1.82, 2.24) is 15.1 Å². The lowest BCUT2D eigenvalue weighted by Crippen LogP contribution is -2.50. The average molecular weight is 349 g/mol. The molecule has 0 aromatic carbocycles. The summed E-state index contributed by atoms with van der Waals surface area (Å²) >= 11 is 0. The maximum atomic E-state index is 12.5. The van der Waals surface area contributed by atoms with Gasteiger partial charge in [0, 0.05) is 32.1 Å². The standard InChI is InChI=1S/C18H27N3O4/c1-4-20(5-2)18(24)14-8-10-21(11-9-14)17(23)13(3)19-16(22)15-7-6-12-25-15/h6-7,12-14H,4-5,8-11H2,1-3H3,(H,19,22). The van der Waals surface area contributed by atoms with E-state index in [4.69, 9.17) is 4.42 Å². The number of rotatable bonds is 6. The molecule has 138 valence electrons. The number of carbonyl (C=O) groups is 3. The van der Waals surface area contributed by atoms with E-state index in [9.17, 15) is 14.4 Å². The predicted octanol–water partition coefficient (Wildman–Crippen LogP) is 1.50. The molecular formula is C18H27N3O4. The van der Waals surface area contributed by atoms with E-state index in [-0.39, 0.29) is 23.5 Å². The topological polar surface area (TPSA) is 82.9 Å². The van der Waals surface area contributed by atoms with Crippen LogP contribution < -0.4 is 5.32 Å². The molecule has 1 aliphatic rings. The van der Waals surface area contributed by atoms with Crippen LogP contribution in [0.2, 0.25) is 0 Å². The van der Waals surface area contributed by atoms with E-state index in [1.807, 2.05) is 18.7 Å². The molecule has 2 heterocycles. The van der Waals surface area contributed by atoms with Crippen LogP contribution in [0.5, 0.6) is 0 Å². The fourth-order valence-corrected chi connectivity index (χ4v) is 3.15. The molecule has 0 bridgehead atoms. The van der Waals surface area contributed by atoms with Crippen molar-refractivity contribution < 1.29 is 18.8 Å². The molecule has 2 rings (SSSR count). The minimum absolute atomic E-state index is 0.0167. The number of piperidine rings is 1. The fraction of sp³-hybridized carbons (Fsp3) is 0.611. The summed E-state index contributed by atoms with van der Waals surface area (Å²) in [6, 6.07) is 2.54. The third-order valence-electron chi connectivity index (χ3n) is 4.69. The van der Waals surface area contributed by atoms with Crippen molar-refractivity contribution in [3.8, 4) is 0 Å². The number of amides is 3. The van der Waals surface area contributed by atoms with Crippen LogP contribution in [0.1, 0.15) is 44.2 Å². The Kier molecular flexibility index (Phi) is 6.61. The van der Waals surface area contributed by atoms with E-state index >= 15 is 0 Å². The summed E-state index contributed by atoms with van der Waals surface area (Å²) in [7, 11) is 0. The highest BCUT2D eigenvalue weighted by Gasteiger charge is 2.31. The Balaban J connectivity index is 1.84. The van der Waals surface area contributed by atoms with E-state index < -0.39 is 11.9 Å². The molecule has 1 fully saturated rings. The van der Waals surface area contributed by atoms with Gasteiger partial charge in [-0.1, -0.05) is 0 Å². The largest absolute Gasteiger partial charge is 0.459 e. The van der Waals surface area contributed by atoms with Gasteiger partial charge in [-0.15, -0.1) is 0 Å². The van der Waals surface area contributed by atoms with Gasteiger partial charge >= 0.3 is 0 Å². The summed E-state index contributed by atoms with van der Waals surface area (Å²) in [4.78, 5) is 40.4. The first-order valence-electron chi connectivity index (χ1n) is 8.89.